The van der Waals surface area contributed by atoms with Crippen molar-refractivity contribution >= 4 is 17.7 Å². The van der Waals surface area contributed by atoms with E-state index in [4.69, 9.17) is 9.15 Å². The lowest BCUT2D eigenvalue weighted by atomic mass is 10.3. The van der Waals surface area contributed by atoms with Gasteiger partial charge in [0.15, 0.2) is 10.9 Å². The highest BCUT2D eigenvalue weighted by atomic mass is 32.2. The van der Waals surface area contributed by atoms with Gasteiger partial charge in [0, 0.05) is 5.69 Å². The molecule has 0 saturated carbocycles. The molecule has 2 heterocycles. The number of thioether (sulfide) groups is 1. The quantitative estimate of drug-likeness (QED) is 0.503. The van der Waals surface area contributed by atoms with Crippen LogP contribution in [0.15, 0.2) is 58.3 Å². The van der Waals surface area contributed by atoms with Gasteiger partial charge in [-0.15, -0.1) is 10.2 Å². The number of carbonyl (C=O) groups is 1. The summed E-state index contributed by atoms with van der Waals surface area (Å²) in [5, 5.41) is 9.03. The second-order valence-corrected chi connectivity index (χ2v) is 6.22. The number of rotatable bonds is 6. The SMILES string of the molecule is CC(C)OC(=O)CSc1nnc(-c2ccco2)n1-c1ccccc1. The smallest absolute Gasteiger partial charge is 0.316 e. The van der Waals surface area contributed by atoms with Gasteiger partial charge in [0.2, 0.25) is 5.82 Å². The monoisotopic (exact) mass is 343 g/mol. The minimum absolute atomic E-state index is 0.135. The molecular weight excluding hydrogens is 326 g/mol. The summed E-state index contributed by atoms with van der Waals surface area (Å²) in [6.07, 6.45) is 1.45. The van der Waals surface area contributed by atoms with Crippen LogP contribution in [-0.4, -0.2) is 32.6 Å². The van der Waals surface area contributed by atoms with Crippen LogP contribution < -0.4 is 0 Å². The van der Waals surface area contributed by atoms with Gasteiger partial charge in [-0.2, -0.15) is 0 Å². The third-order valence-corrected chi connectivity index (χ3v) is 3.98. The third-order valence-electron chi connectivity index (χ3n) is 3.08. The fraction of sp³-hybridized carbons (Fsp3) is 0.235. The lowest BCUT2D eigenvalue weighted by molar-refractivity contribution is -0.144. The number of ether oxygens (including phenoxy) is 1. The Morgan fingerprint density at radius 3 is 2.67 bits per heavy atom. The first-order valence-electron chi connectivity index (χ1n) is 7.52. The standard InChI is InChI=1S/C17H17N3O3S/c1-12(2)23-15(21)11-24-17-19-18-16(14-9-6-10-22-14)20(17)13-7-4-3-5-8-13/h3-10,12H,11H2,1-2H3. The van der Waals surface area contributed by atoms with E-state index in [9.17, 15) is 4.79 Å². The normalized spacial score (nSPS) is 11.0. The first kappa shape index (κ1) is 16.3. The predicted molar refractivity (Wildman–Crippen MR) is 91.0 cm³/mol. The Morgan fingerprint density at radius 1 is 1.21 bits per heavy atom. The Kier molecular flexibility index (Phi) is 5.00. The van der Waals surface area contributed by atoms with Gasteiger partial charge < -0.3 is 9.15 Å². The van der Waals surface area contributed by atoms with Gasteiger partial charge in [-0.1, -0.05) is 30.0 Å². The van der Waals surface area contributed by atoms with E-state index in [2.05, 4.69) is 10.2 Å². The zero-order valence-corrected chi connectivity index (χ0v) is 14.2. The Morgan fingerprint density at radius 2 is 2.00 bits per heavy atom. The fourth-order valence-corrected chi connectivity index (χ4v) is 2.89. The summed E-state index contributed by atoms with van der Waals surface area (Å²) in [6, 6.07) is 13.3. The number of esters is 1. The molecule has 24 heavy (non-hydrogen) atoms. The highest BCUT2D eigenvalue weighted by Gasteiger charge is 2.19. The second-order valence-electron chi connectivity index (χ2n) is 5.28. The number of para-hydroxylation sites is 1. The van der Waals surface area contributed by atoms with Gasteiger partial charge in [-0.05, 0) is 38.1 Å². The molecule has 0 N–H and O–H groups in total. The van der Waals surface area contributed by atoms with Gasteiger partial charge in [-0.25, -0.2) is 0 Å². The number of aromatic nitrogens is 3. The molecule has 2 aromatic heterocycles. The van der Waals surface area contributed by atoms with E-state index < -0.39 is 0 Å². The fourth-order valence-electron chi connectivity index (χ4n) is 2.16. The average Bonchev–Trinajstić information content (AvgIpc) is 3.22. The Hall–Kier alpha value is -2.54. The van der Waals surface area contributed by atoms with Crippen LogP contribution in [0.3, 0.4) is 0 Å². The molecule has 3 rings (SSSR count). The molecule has 0 aliphatic heterocycles. The van der Waals surface area contributed by atoms with Crippen LogP contribution >= 0.6 is 11.8 Å². The highest BCUT2D eigenvalue weighted by Crippen LogP contribution is 2.28. The summed E-state index contributed by atoms with van der Waals surface area (Å²) < 4.78 is 12.5. The van der Waals surface area contributed by atoms with Gasteiger partial charge in [0.05, 0.1) is 18.1 Å². The summed E-state index contributed by atoms with van der Waals surface area (Å²) in [7, 11) is 0. The maximum Gasteiger partial charge on any atom is 0.316 e. The van der Waals surface area contributed by atoms with Crippen LogP contribution in [0.2, 0.25) is 0 Å². The summed E-state index contributed by atoms with van der Waals surface area (Å²) in [4.78, 5) is 11.8. The maximum absolute atomic E-state index is 11.8. The maximum atomic E-state index is 11.8. The number of hydrogen-bond donors (Lipinski definition) is 0. The van der Waals surface area contributed by atoms with Gasteiger partial charge in [0.25, 0.3) is 0 Å². The van der Waals surface area contributed by atoms with Crippen molar-refractivity contribution in [3.63, 3.8) is 0 Å². The van der Waals surface area contributed by atoms with Crippen LogP contribution in [0.25, 0.3) is 17.3 Å². The van der Waals surface area contributed by atoms with E-state index in [1.165, 1.54) is 11.8 Å². The molecule has 0 saturated heterocycles. The summed E-state index contributed by atoms with van der Waals surface area (Å²) in [5.74, 6) is 1.09. The van der Waals surface area contributed by atoms with Crippen molar-refractivity contribution < 1.29 is 13.9 Å². The zero-order valence-electron chi connectivity index (χ0n) is 13.4. The Bertz CT molecular complexity index is 798. The number of benzene rings is 1. The van der Waals surface area contributed by atoms with Crippen molar-refractivity contribution in [1.82, 2.24) is 14.8 Å². The van der Waals surface area contributed by atoms with E-state index >= 15 is 0 Å². The molecule has 124 valence electrons. The lowest BCUT2D eigenvalue weighted by Gasteiger charge is -2.10. The van der Waals surface area contributed by atoms with Crippen molar-refractivity contribution in [2.45, 2.75) is 25.1 Å². The Labute approximate surface area is 143 Å². The van der Waals surface area contributed by atoms with E-state index in [-0.39, 0.29) is 17.8 Å². The topological polar surface area (TPSA) is 70.2 Å². The predicted octanol–water partition coefficient (Wildman–Crippen LogP) is 3.57. The summed E-state index contributed by atoms with van der Waals surface area (Å²) >= 11 is 1.28. The van der Waals surface area contributed by atoms with Gasteiger partial charge >= 0.3 is 5.97 Å². The van der Waals surface area contributed by atoms with Crippen molar-refractivity contribution in [2.75, 3.05) is 5.75 Å². The lowest BCUT2D eigenvalue weighted by Crippen LogP contribution is -2.13. The molecule has 0 aliphatic carbocycles. The van der Waals surface area contributed by atoms with E-state index in [0.29, 0.717) is 16.7 Å². The van der Waals surface area contributed by atoms with E-state index in [1.807, 2.05) is 54.8 Å². The van der Waals surface area contributed by atoms with Crippen LogP contribution in [0.5, 0.6) is 0 Å². The minimum Gasteiger partial charge on any atom is -0.462 e. The first-order chi connectivity index (χ1) is 11.6. The minimum atomic E-state index is -0.280. The molecule has 0 bridgehead atoms. The van der Waals surface area contributed by atoms with Crippen LogP contribution in [0, 0.1) is 0 Å². The Balaban J connectivity index is 1.91. The largest absolute Gasteiger partial charge is 0.462 e. The molecule has 3 aromatic rings. The molecule has 0 unspecified atom stereocenters. The molecule has 1 aromatic carbocycles. The average molecular weight is 343 g/mol. The number of carbonyl (C=O) groups excluding carboxylic acids is 1. The van der Waals surface area contributed by atoms with Gasteiger partial charge in [-0.3, -0.25) is 9.36 Å². The van der Waals surface area contributed by atoms with Crippen molar-refractivity contribution in [3.8, 4) is 17.3 Å². The van der Waals surface area contributed by atoms with Crippen molar-refractivity contribution in [1.29, 1.82) is 0 Å². The van der Waals surface area contributed by atoms with Crippen LogP contribution in [-0.2, 0) is 9.53 Å². The molecule has 6 nitrogen and oxygen atoms in total. The summed E-state index contributed by atoms with van der Waals surface area (Å²) in [6.45, 7) is 3.65. The van der Waals surface area contributed by atoms with Crippen molar-refractivity contribution in [2.24, 2.45) is 0 Å². The third kappa shape index (κ3) is 3.68. The van der Waals surface area contributed by atoms with Crippen LogP contribution in [0.4, 0.5) is 0 Å². The molecule has 0 spiro atoms. The van der Waals surface area contributed by atoms with Crippen LogP contribution in [0.1, 0.15) is 13.8 Å². The molecule has 0 radical (unpaired) electrons. The number of hydrogen-bond acceptors (Lipinski definition) is 6. The summed E-state index contributed by atoms with van der Waals surface area (Å²) in [5.41, 5.74) is 0.897. The van der Waals surface area contributed by atoms with E-state index in [0.717, 1.165) is 5.69 Å². The van der Waals surface area contributed by atoms with Gasteiger partial charge in [0.1, 0.15) is 0 Å². The van der Waals surface area contributed by atoms with Crippen molar-refractivity contribution in [3.05, 3.63) is 48.7 Å². The first-order valence-corrected chi connectivity index (χ1v) is 8.50. The molecule has 0 amide bonds. The van der Waals surface area contributed by atoms with E-state index in [1.54, 1.807) is 12.3 Å². The number of nitrogens with zero attached hydrogens (tertiary/aromatic N) is 3. The zero-order chi connectivity index (χ0) is 16.9. The molecular formula is C17H17N3O3S. The molecule has 0 fully saturated rings. The molecule has 0 atom stereocenters. The number of furan rings is 1. The molecule has 7 heteroatoms. The molecule has 0 aliphatic rings. The highest BCUT2D eigenvalue weighted by molar-refractivity contribution is 7.99. The second kappa shape index (κ2) is 7.35.